The largest absolute Gasteiger partial charge is 0.454 e. The maximum absolute atomic E-state index is 12.7. The van der Waals surface area contributed by atoms with Gasteiger partial charge < -0.3 is 24.6 Å². The fraction of sp³-hybridized carbons (Fsp3) is 0.556. The second kappa shape index (κ2) is 6.55. The molecular formula is C18H23N3O4. The molecule has 1 atom stereocenters. The van der Waals surface area contributed by atoms with Crippen LogP contribution in [0.3, 0.4) is 0 Å². The first-order valence-corrected chi connectivity index (χ1v) is 8.82. The van der Waals surface area contributed by atoms with E-state index in [1.165, 1.54) is 0 Å². The van der Waals surface area contributed by atoms with Crippen LogP contribution in [0.2, 0.25) is 0 Å². The predicted molar refractivity (Wildman–Crippen MR) is 90.6 cm³/mol. The van der Waals surface area contributed by atoms with Crippen LogP contribution in [-0.4, -0.2) is 67.7 Å². The zero-order chi connectivity index (χ0) is 17.4. The Hall–Kier alpha value is -2.28. The molecule has 0 aromatic heterocycles. The molecule has 3 aliphatic rings. The molecule has 2 saturated heterocycles. The molecule has 2 fully saturated rings. The van der Waals surface area contributed by atoms with Gasteiger partial charge in [0, 0.05) is 37.7 Å². The fourth-order valence-electron chi connectivity index (χ4n) is 3.50. The quantitative estimate of drug-likeness (QED) is 0.867. The Kier molecular flexibility index (Phi) is 4.25. The number of carbonyl (C=O) groups excluding carboxylic acids is 2. The van der Waals surface area contributed by atoms with E-state index in [1.54, 1.807) is 23.1 Å². The number of rotatable bonds is 3. The SMILES string of the molecule is CC(C(=O)N1CCN(C(=O)c2ccc3c(c2)OCO3)CC1)C1CNC1. The number of hydrogen-bond donors (Lipinski definition) is 1. The number of benzene rings is 1. The maximum Gasteiger partial charge on any atom is 0.254 e. The van der Waals surface area contributed by atoms with Crippen molar-refractivity contribution in [2.24, 2.45) is 11.8 Å². The highest BCUT2D eigenvalue weighted by Gasteiger charge is 2.33. The Bertz CT molecular complexity index is 681. The van der Waals surface area contributed by atoms with Gasteiger partial charge in [0.15, 0.2) is 11.5 Å². The Morgan fingerprint density at radius 2 is 1.76 bits per heavy atom. The highest BCUT2D eigenvalue weighted by molar-refractivity contribution is 5.95. The molecule has 0 radical (unpaired) electrons. The van der Waals surface area contributed by atoms with Gasteiger partial charge in [-0.05, 0) is 37.2 Å². The average molecular weight is 345 g/mol. The summed E-state index contributed by atoms with van der Waals surface area (Å²) in [7, 11) is 0. The topological polar surface area (TPSA) is 71.1 Å². The highest BCUT2D eigenvalue weighted by Crippen LogP contribution is 2.33. The first-order chi connectivity index (χ1) is 12.1. The number of carbonyl (C=O) groups is 2. The Balaban J connectivity index is 1.35. The van der Waals surface area contributed by atoms with Gasteiger partial charge >= 0.3 is 0 Å². The van der Waals surface area contributed by atoms with E-state index in [0.29, 0.717) is 49.2 Å². The van der Waals surface area contributed by atoms with E-state index in [-0.39, 0.29) is 24.5 Å². The van der Waals surface area contributed by atoms with Gasteiger partial charge in [-0.3, -0.25) is 9.59 Å². The summed E-state index contributed by atoms with van der Waals surface area (Å²) in [6, 6.07) is 5.26. The van der Waals surface area contributed by atoms with Crippen LogP contribution < -0.4 is 14.8 Å². The minimum Gasteiger partial charge on any atom is -0.454 e. The lowest BCUT2D eigenvalue weighted by Crippen LogP contribution is -2.55. The normalized spacial score (nSPS) is 21.0. The van der Waals surface area contributed by atoms with Crippen molar-refractivity contribution < 1.29 is 19.1 Å². The molecule has 7 heteroatoms. The van der Waals surface area contributed by atoms with E-state index >= 15 is 0 Å². The summed E-state index contributed by atoms with van der Waals surface area (Å²) in [6.07, 6.45) is 0. The summed E-state index contributed by atoms with van der Waals surface area (Å²) in [5, 5.41) is 3.22. The number of nitrogens with zero attached hydrogens (tertiary/aromatic N) is 2. The minimum absolute atomic E-state index is 0.0263. The highest BCUT2D eigenvalue weighted by atomic mass is 16.7. The lowest BCUT2D eigenvalue weighted by molar-refractivity contribution is -0.138. The Morgan fingerprint density at radius 1 is 1.08 bits per heavy atom. The number of amides is 2. The molecule has 7 nitrogen and oxygen atoms in total. The third kappa shape index (κ3) is 3.04. The van der Waals surface area contributed by atoms with Crippen molar-refractivity contribution in [2.45, 2.75) is 6.92 Å². The number of fused-ring (bicyclic) bond motifs is 1. The summed E-state index contributed by atoms with van der Waals surface area (Å²) < 4.78 is 10.6. The van der Waals surface area contributed by atoms with E-state index in [9.17, 15) is 9.59 Å². The second-order valence-corrected chi connectivity index (χ2v) is 6.89. The first kappa shape index (κ1) is 16.2. The molecule has 1 unspecified atom stereocenters. The van der Waals surface area contributed by atoms with E-state index in [2.05, 4.69) is 5.32 Å². The molecule has 0 saturated carbocycles. The standard InChI is InChI=1S/C18H23N3O4/c1-12(14-9-19-10-14)17(22)20-4-6-21(7-5-20)18(23)13-2-3-15-16(8-13)25-11-24-15/h2-3,8,12,14,19H,4-7,9-11H2,1H3. The maximum atomic E-state index is 12.7. The zero-order valence-corrected chi connectivity index (χ0v) is 14.4. The van der Waals surface area contributed by atoms with E-state index in [4.69, 9.17) is 9.47 Å². The predicted octanol–water partition coefficient (Wildman–Crippen LogP) is 0.555. The van der Waals surface area contributed by atoms with Crippen LogP contribution in [0.4, 0.5) is 0 Å². The van der Waals surface area contributed by atoms with Crippen LogP contribution in [0.15, 0.2) is 18.2 Å². The van der Waals surface area contributed by atoms with Gasteiger partial charge in [-0.2, -0.15) is 0 Å². The van der Waals surface area contributed by atoms with Crippen molar-refractivity contribution >= 4 is 11.8 Å². The van der Waals surface area contributed by atoms with Crippen molar-refractivity contribution in [2.75, 3.05) is 46.1 Å². The number of hydrogen-bond acceptors (Lipinski definition) is 5. The van der Waals surface area contributed by atoms with Crippen LogP contribution in [0.1, 0.15) is 17.3 Å². The molecule has 134 valence electrons. The molecule has 25 heavy (non-hydrogen) atoms. The van der Waals surface area contributed by atoms with Crippen LogP contribution >= 0.6 is 0 Å². The number of piperazine rings is 1. The average Bonchev–Trinajstić information content (AvgIpc) is 3.06. The van der Waals surface area contributed by atoms with Gasteiger partial charge in [-0.15, -0.1) is 0 Å². The van der Waals surface area contributed by atoms with Crippen LogP contribution in [-0.2, 0) is 4.79 Å². The summed E-state index contributed by atoms with van der Waals surface area (Å²) in [4.78, 5) is 29.0. The third-order valence-electron chi connectivity index (χ3n) is 5.41. The second-order valence-electron chi connectivity index (χ2n) is 6.89. The van der Waals surface area contributed by atoms with Gasteiger partial charge in [0.1, 0.15) is 0 Å². The summed E-state index contributed by atoms with van der Waals surface area (Å²) in [5.74, 6) is 1.97. The van der Waals surface area contributed by atoms with Gasteiger partial charge in [0.2, 0.25) is 12.7 Å². The Labute approximate surface area is 146 Å². The van der Waals surface area contributed by atoms with Gasteiger partial charge in [0.25, 0.3) is 5.91 Å². The van der Waals surface area contributed by atoms with Crippen molar-refractivity contribution in [1.29, 1.82) is 0 Å². The monoisotopic (exact) mass is 345 g/mol. The summed E-state index contributed by atoms with van der Waals surface area (Å²) in [5.41, 5.74) is 0.595. The van der Waals surface area contributed by atoms with Gasteiger partial charge in [-0.1, -0.05) is 6.92 Å². The zero-order valence-electron chi connectivity index (χ0n) is 14.4. The molecule has 2 amide bonds. The van der Waals surface area contributed by atoms with E-state index in [0.717, 1.165) is 13.1 Å². The van der Waals surface area contributed by atoms with Crippen molar-refractivity contribution in [3.05, 3.63) is 23.8 Å². The van der Waals surface area contributed by atoms with Crippen LogP contribution in [0.5, 0.6) is 11.5 Å². The van der Waals surface area contributed by atoms with Crippen molar-refractivity contribution in [3.8, 4) is 11.5 Å². The molecule has 3 aliphatic heterocycles. The van der Waals surface area contributed by atoms with Crippen LogP contribution in [0.25, 0.3) is 0 Å². The molecule has 1 aromatic rings. The molecule has 0 aliphatic carbocycles. The fourth-order valence-corrected chi connectivity index (χ4v) is 3.50. The number of ether oxygens (including phenoxy) is 2. The summed E-state index contributed by atoms with van der Waals surface area (Å²) >= 11 is 0. The molecule has 3 heterocycles. The molecular weight excluding hydrogens is 322 g/mol. The lowest BCUT2D eigenvalue weighted by atomic mass is 9.88. The molecule has 1 N–H and O–H groups in total. The Morgan fingerprint density at radius 3 is 2.44 bits per heavy atom. The van der Waals surface area contributed by atoms with E-state index < -0.39 is 0 Å². The van der Waals surface area contributed by atoms with Crippen LogP contribution in [0, 0.1) is 11.8 Å². The molecule has 0 bridgehead atoms. The third-order valence-corrected chi connectivity index (χ3v) is 5.41. The number of nitrogens with one attached hydrogen (secondary N) is 1. The first-order valence-electron chi connectivity index (χ1n) is 8.82. The smallest absolute Gasteiger partial charge is 0.254 e. The van der Waals surface area contributed by atoms with E-state index in [1.807, 2.05) is 11.8 Å². The van der Waals surface area contributed by atoms with Crippen molar-refractivity contribution in [1.82, 2.24) is 15.1 Å². The van der Waals surface area contributed by atoms with Gasteiger partial charge in [-0.25, -0.2) is 0 Å². The molecule has 0 spiro atoms. The van der Waals surface area contributed by atoms with Crippen molar-refractivity contribution in [3.63, 3.8) is 0 Å². The lowest BCUT2D eigenvalue weighted by Gasteiger charge is -2.39. The molecule has 4 rings (SSSR count). The molecule has 1 aromatic carbocycles. The minimum atomic E-state index is -0.0263. The van der Waals surface area contributed by atoms with Gasteiger partial charge in [0.05, 0.1) is 0 Å². The summed E-state index contributed by atoms with van der Waals surface area (Å²) in [6.45, 7) is 6.38.